The molecule has 7 heteroatoms. The minimum absolute atomic E-state index is 0.137. The van der Waals surface area contributed by atoms with Gasteiger partial charge in [-0.3, -0.25) is 9.36 Å². The molecular formula is C9H10N2O5. The molecule has 3 heterocycles. The highest BCUT2D eigenvalue weighted by molar-refractivity contribution is 5.10. The Morgan fingerprint density at radius 3 is 3.12 bits per heavy atom. The topological polar surface area (TPSA) is 93.8 Å². The lowest BCUT2D eigenvalue weighted by Gasteiger charge is -2.13. The Morgan fingerprint density at radius 2 is 2.38 bits per heavy atom. The van der Waals surface area contributed by atoms with E-state index < -0.39 is 30.1 Å². The van der Waals surface area contributed by atoms with Gasteiger partial charge in [-0.15, -0.1) is 0 Å². The molecule has 0 radical (unpaired) electrons. The Bertz CT molecular complexity index is 473. The number of aliphatic hydroxyl groups is 2. The van der Waals surface area contributed by atoms with Crippen LogP contribution in [0.25, 0.3) is 0 Å². The van der Waals surface area contributed by atoms with Gasteiger partial charge in [-0.1, -0.05) is 0 Å². The highest BCUT2D eigenvalue weighted by atomic mass is 16.6. The zero-order chi connectivity index (χ0) is 11.3. The maximum Gasteiger partial charge on any atom is 0.302 e. The number of fused-ring (bicyclic) bond motifs is 3. The van der Waals surface area contributed by atoms with Gasteiger partial charge in [0.05, 0.1) is 6.61 Å². The van der Waals surface area contributed by atoms with Crippen LogP contribution in [0.4, 0.5) is 0 Å². The molecule has 4 atom stereocenters. The second-order valence-corrected chi connectivity index (χ2v) is 3.78. The van der Waals surface area contributed by atoms with Crippen LogP contribution in [0.2, 0.25) is 0 Å². The molecule has 0 amide bonds. The van der Waals surface area contributed by atoms with Gasteiger partial charge in [0.25, 0.3) is 5.56 Å². The summed E-state index contributed by atoms with van der Waals surface area (Å²) >= 11 is 0. The van der Waals surface area contributed by atoms with Crippen molar-refractivity contribution in [1.82, 2.24) is 9.55 Å². The summed E-state index contributed by atoms with van der Waals surface area (Å²) in [6.07, 6.45) is -1.24. The molecule has 16 heavy (non-hydrogen) atoms. The third-order valence-corrected chi connectivity index (χ3v) is 2.81. The molecule has 1 fully saturated rings. The van der Waals surface area contributed by atoms with Crippen LogP contribution in [0.1, 0.15) is 6.23 Å². The Hall–Kier alpha value is -1.44. The number of aliphatic hydroxyl groups excluding tert-OH is 2. The van der Waals surface area contributed by atoms with Crippen LogP contribution in [0.5, 0.6) is 6.01 Å². The summed E-state index contributed by atoms with van der Waals surface area (Å²) < 4.78 is 12.3. The molecule has 1 aromatic heterocycles. The lowest BCUT2D eigenvalue weighted by molar-refractivity contribution is -0.0434. The fourth-order valence-electron chi connectivity index (χ4n) is 2.02. The fraction of sp³-hybridized carbons (Fsp3) is 0.556. The van der Waals surface area contributed by atoms with Gasteiger partial charge < -0.3 is 19.7 Å². The smallest absolute Gasteiger partial charge is 0.302 e. The molecule has 1 saturated heterocycles. The summed E-state index contributed by atoms with van der Waals surface area (Å²) in [6, 6.07) is 1.43. The average molecular weight is 226 g/mol. The van der Waals surface area contributed by atoms with E-state index in [0.29, 0.717) is 0 Å². The molecule has 0 bridgehead atoms. The van der Waals surface area contributed by atoms with Gasteiger partial charge in [-0.25, -0.2) is 0 Å². The molecule has 2 N–H and O–H groups in total. The monoisotopic (exact) mass is 226 g/mol. The molecule has 3 rings (SSSR count). The van der Waals surface area contributed by atoms with E-state index >= 15 is 0 Å². The minimum Gasteiger partial charge on any atom is -0.453 e. The molecule has 2 aliphatic rings. The molecule has 3 unspecified atom stereocenters. The van der Waals surface area contributed by atoms with E-state index in [1.54, 1.807) is 0 Å². The van der Waals surface area contributed by atoms with Gasteiger partial charge in [-0.2, -0.15) is 4.98 Å². The molecule has 0 saturated carbocycles. The number of rotatable bonds is 1. The van der Waals surface area contributed by atoms with E-state index in [1.807, 2.05) is 0 Å². The number of hydrogen-bond donors (Lipinski definition) is 2. The van der Waals surface area contributed by atoms with Crippen LogP contribution < -0.4 is 10.3 Å². The van der Waals surface area contributed by atoms with Gasteiger partial charge in [0, 0.05) is 12.3 Å². The minimum atomic E-state index is -0.924. The Balaban J connectivity index is 1.99. The largest absolute Gasteiger partial charge is 0.453 e. The van der Waals surface area contributed by atoms with Crippen molar-refractivity contribution in [2.24, 2.45) is 0 Å². The van der Waals surface area contributed by atoms with Crippen LogP contribution in [0.15, 0.2) is 17.1 Å². The number of hydrogen-bond acceptors (Lipinski definition) is 6. The van der Waals surface area contributed by atoms with E-state index in [4.69, 9.17) is 14.6 Å². The van der Waals surface area contributed by atoms with E-state index in [1.165, 1.54) is 16.8 Å². The molecule has 0 aliphatic carbocycles. The predicted molar refractivity (Wildman–Crippen MR) is 49.9 cm³/mol. The standard InChI is InChI=1S/C9H10N2O5/c12-3-4-6(14)7-8(15-4)11-2-1-5(13)10-9(11)16-7/h1-2,4,6-8,12,14H,3H2/t4?,6-,7?,8?/m1/s1. The number of ether oxygens (including phenoxy) is 2. The summed E-state index contributed by atoms with van der Waals surface area (Å²) in [5.41, 5.74) is -0.403. The first-order chi connectivity index (χ1) is 7.70. The Kier molecular flexibility index (Phi) is 2.00. The highest BCUT2D eigenvalue weighted by Gasteiger charge is 2.50. The molecule has 0 spiro atoms. The van der Waals surface area contributed by atoms with Crippen LogP contribution >= 0.6 is 0 Å². The van der Waals surface area contributed by atoms with Crippen molar-refractivity contribution in [1.29, 1.82) is 0 Å². The SMILES string of the molecule is O=c1ccn2c(n1)OC1C2OC(CO)[C@H]1O. The average Bonchev–Trinajstić information content (AvgIpc) is 2.75. The molecule has 2 aliphatic heterocycles. The first-order valence-corrected chi connectivity index (χ1v) is 4.91. The highest BCUT2D eigenvalue weighted by Crippen LogP contribution is 2.38. The quantitative estimate of drug-likeness (QED) is 0.590. The lowest BCUT2D eigenvalue weighted by atomic mass is 10.1. The second-order valence-electron chi connectivity index (χ2n) is 3.78. The van der Waals surface area contributed by atoms with Gasteiger partial charge in [-0.05, 0) is 0 Å². The summed E-state index contributed by atoms with van der Waals surface area (Å²) in [6.45, 7) is -0.277. The van der Waals surface area contributed by atoms with E-state index in [9.17, 15) is 9.90 Å². The maximum absolute atomic E-state index is 11.0. The predicted octanol–water partition coefficient (Wildman–Crippen LogP) is -1.75. The second kappa shape index (κ2) is 3.27. The molecule has 86 valence electrons. The number of aromatic nitrogens is 2. The van der Waals surface area contributed by atoms with Gasteiger partial charge in [0.2, 0.25) is 0 Å². The zero-order valence-electron chi connectivity index (χ0n) is 8.18. The normalized spacial score (nSPS) is 35.6. The Morgan fingerprint density at radius 1 is 1.56 bits per heavy atom. The first kappa shape index (κ1) is 9.76. The van der Waals surface area contributed by atoms with Crippen molar-refractivity contribution in [3.63, 3.8) is 0 Å². The molecule has 1 aromatic rings. The Labute approximate surface area is 89.9 Å². The summed E-state index contributed by atoms with van der Waals surface area (Å²) in [5.74, 6) is 0. The van der Waals surface area contributed by atoms with Crippen LogP contribution in [-0.4, -0.2) is 44.7 Å². The summed E-state index contributed by atoms with van der Waals surface area (Å²) in [5, 5.41) is 18.7. The van der Waals surface area contributed by atoms with Crippen LogP contribution in [-0.2, 0) is 4.74 Å². The molecular weight excluding hydrogens is 216 g/mol. The van der Waals surface area contributed by atoms with Crippen LogP contribution in [0.3, 0.4) is 0 Å². The van der Waals surface area contributed by atoms with Crippen molar-refractivity contribution in [3.8, 4) is 6.01 Å². The molecule has 7 nitrogen and oxygen atoms in total. The van der Waals surface area contributed by atoms with Crippen molar-refractivity contribution in [2.45, 2.75) is 24.5 Å². The lowest BCUT2D eigenvalue weighted by Crippen LogP contribution is -2.34. The fourth-order valence-corrected chi connectivity index (χ4v) is 2.02. The summed E-state index contributed by atoms with van der Waals surface area (Å²) in [4.78, 5) is 14.7. The summed E-state index contributed by atoms with van der Waals surface area (Å²) in [7, 11) is 0. The van der Waals surface area contributed by atoms with Crippen molar-refractivity contribution < 1.29 is 19.7 Å². The van der Waals surface area contributed by atoms with E-state index in [2.05, 4.69) is 4.98 Å². The van der Waals surface area contributed by atoms with E-state index in [0.717, 1.165) is 0 Å². The third-order valence-electron chi connectivity index (χ3n) is 2.81. The van der Waals surface area contributed by atoms with Gasteiger partial charge in [0.1, 0.15) is 12.2 Å². The molecule has 0 aromatic carbocycles. The third kappa shape index (κ3) is 1.19. The number of nitrogens with zero attached hydrogens (tertiary/aromatic N) is 2. The maximum atomic E-state index is 11.0. The van der Waals surface area contributed by atoms with Crippen LogP contribution in [0, 0.1) is 0 Å². The van der Waals surface area contributed by atoms with Crippen molar-refractivity contribution >= 4 is 0 Å². The van der Waals surface area contributed by atoms with E-state index in [-0.39, 0.29) is 12.6 Å². The van der Waals surface area contributed by atoms with Gasteiger partial charge in [0.15, 0.2) is 12.3 Å². The van der Waals surface area contributed by atoms with Gasteiger partial charge >= 0.3 is 6.01 Å². The van der Waals surface area contributed by atoms with Crippen molar-refractivity contribution in [2.75, 3.05) is 6.61 Å². The van der Waals surface area contributed by atoms with Crippen molar-refractivity contribution in [3.05, 3.63) is 22.6 Å². The zero-order valence-corrected chi connectivity index (χ0v) is 8.18. The first-order valence-electron chi connectivity index (χ1n) is 4.91.